The van der Waals surface area contributed by atoms with Crippen LogP contribution in [0.3, 0.4) is 0 Å². The van der Waals surface area contributed by atoms with E-state index in [4.69, 9.17) is 0 Å². The van der Waals surface area contributed by atoms with Crippen LogP contribution in [0.4, 0.5) is 5.69 Å². The summed E-state index contributed by atoms with van der Waals surface area (Å²) in [5.74, 6) is 0.179. The number of rotatable bonds is 9. The number of anilines is 1. The summed E-state index contributed by atoms with van der Waals surface area (Å²) in [6, 6.07) is 5.33. The normalized spacial score (nSPS) is 15.4. The van der Waals surface area contributed by atoms with Crippen molar-refractivity contribution in [3.8, 4) is 5.69 Å². The largest absolute Gasteiger partial charge is 0.332 e. The fourth-order valence-corrected chi connectivity index (χ4v) is 5.70. The highest BCUT2D eigenvalue weighted by molar-refractivity contribution is 7.90. The van der Waals surface area contributed by atoms with Gasteiger partial charge in [-0.05, 0) is 49.4 Å². The minimum absolute atomic E-state index is 0.0000312. The zero-order chi connectivity index (χ0) is 29.2. The van der Waals surface area contributed by atoms with Gasteiger partial charge < -0.3 is 9.88 Å². The van der Waals surface area contributed by atoms with E-state index in [2.05, 4.69) is 20.6 Å². The average molecular weight is 581 g/mol. The van der Waals surface area contributed by atoms with Gasteiger partial charge in [-0.3, -0.25) is 23.5 Å². The maximum Gasteiger partial charge on any atom is 0.332 e. The van der Waals surface area contributed by atoms with E-state index in [9.17, 15) is 27.6 Å². The number of aryl methyl sites for hydroxylation is 1. The summed E-state index contributed by atoms with van der Waals surface area (Å²) >= 11 is 0. The van der Waals surface area contributed by atoms with Crippen molar-refractivity contribution in [1.82, 2.24) is 33.7 Å². The molecule has 41 heavy (non-hydrogen) atoms. The number of aromatic nitrogens is 7. The highest BCUT2D eigenvalue weighted by atomic mass is 32.2. The molecule has 3 aromatic heterocycles. The number of hydrogen-bond acceptors (Lipinski definition) is 9. The van der Waals surface area contributed by atoms with Gasteiger partial charge in [0.1, 0.15) is 11.5 Å². The maximum absolute atomic E-state index is 13.1. The summed E-state index contributed by atoms with van der Waals surface area (Å²) in [5, 5.41) is 11.0. The van der Waals surface area contributed by atoms with E-state index >= 15 is 0 Å². The van der Waals surface area contributed by atoms with Gasteiger partial charge in [-0.25, -0.2) is 17.9 Å². The summed E-state index contributed by atoms with van der Waals surface area (Å²) in [7, 11) is -1.08. The third-order valence-electron chi connectivity index (χ3n) is 7.38. The van der Waals surface area contributed by atoms with Crippen molar-refractivity contribution >= 4 is 38.4 Å². The molecule has 0 saturated heterocycles. The Bertz CT molecular complexity index is 1930. The third kappa shape index (κ3) is 5.12. The van der Waals surface area contributed by atoms with Gasteiger partial charge in [0.25, 0.3) is 5.56 Å². The molecule has 0 aliphatic heterocycles. The second-order valence-electron chi connectivity index (χ2n) is 10.9. The molecule has 1 amide bonds. The van der Waals surface area contributed by atoms with Gasteiger partial charge in [0, 0.05) is 44.3 Å². The number of hydrogen-bond donors (Lipinski definition) is 1. The van der Waals surface area contributed by atoms with Gasteiger partial charge in [0.15, 0.2) is 11.2 Å². The zero-order valence-electron chi connectivity index (χ0n) is 22.7. The number of Topliss-reactive ketones (excluding diaryl/α,β-unsaturated/α-hetero) is 1. The number of carbonyl (C=O) groups is 2. The van der Waals surface area contributed by atoms with Crippen LogP contribution in [0.5, 0.6) is 0 Å². The molecule has 2 aliphatic carbocycles. The molecule has 0 atom stereocenters. The summed E-state index contributed by atoms with van der Waals surface area (Å²) in [4.78, 5) is 55.0. The third-order valence-corrected chi connectivity index (χ3v) is 8.41. The Morgan fingerprint density at radius 2 is 1.73 bits per heavy atom. The summed E-state index contributed by atoms with van der Waals surface area (Å²) in [5.41, 5.74) is 0.695. The molecule has 1 N–H and O–H groups in total. The van der Waals surface area contributed by atoms with Crippen LogP contribution in [0.25, 0.3) is 16.9 Å². The van der Waals surface area contributed by atoms with Crippen LogP contribution in [-0.4, -0.2) is 60.0 Å². The van der Waals surface area contributed by atoms with E-state index in [1.165, 1.54) is 23.3 Å². The van der Waals surface area contributed by atoms with Crippen molar-refractivity contribution in [2.75, 3.05) is 11.6 Å². The van der Waals surface area contributed by atoms with Gasteiger partial charge in [0.05, 0.1) is 18.4 Å². The lowest BCUT2D eigenvalue weighted by Gasteiger charge is -2.11. The fraction of sp³-hybridized carbons (Fsp3) is 0.423. The predicted octanol–water partition coefficient (Wildman–Crippen LogP) is 0.336. The molecule has 2 fully saturated rings. The first-order valence-corrected chi connectivity index (χ1v) is 15.1. The number of fused-ring (bicyclic) bond motifs is 1. The molecular formula is C26H28N8O6S. The molecule has 14 nitrogen and oxygen atoms in total. The van der Waals surface area contributed by atoms with Crippen molar-refractivity contribution in [3.05, 3.63) is 56.5 Å². The predicted molar refractivity (Wildman–Crippen MR) is 147 cm³/mol. The standard InChI is InChI=1S/C26H28N8O6S/c1-31-21-22(28-25(31)41(3,39)40)33(26(38)32(2)24(21)37)12-18-13-34(30-29-18)19-9-14(10-20(35)15-4-5-15)8-17(11-19)27-23(36)16-6-7-16/h8-9,11,13,15-16H,4-7,10,12H2,1-3H3,(H,27,36). The van der Waals surface area contributed by atoms with Crippen molar-refractivity contribution in [1.29, 1.82) is 0 Å². The van der Waals surface area contributed by atoms with E-state index in [1.807, 2.05) is 0 Å². The van der Waals surface area contributed by atoms with E-state index in [0.29, 0.717) is 17.1 Å². The molecule has 1 aromatic carbocycles. The van der Waals surface area contributed by atoms with Gasteiger partial charge in [-0.1, -0.05) is 5.21 Å². The number of imidazole rings is 1. The Labute approximate surface area is 233 Å². The first kappa shape index (κ1) is 26.8. The number of amides is 1. The Morgan fingerprint density at radius 3 is 2.39 bits per heavy atom. The number of nitrogens with zero attached hydrogens (tertiary/aromatic N) is 7. The van der Waals surface area contributed by atoms with Crippen LogP contribution in [0, 0.1) is 11.8 Å². The molecule has 0 unspecified atom stereocenters. The monoisotopic (exact) mass is 580 g/mol. The number of nitrogens with one attached hydrogen (secondary N) is 1. The van der Waals surface area contributed by atoms with Gasteiger partial charge >= 0.3 is 5.69 Å². The van der Waals surface area contributed by atoms with Crippen molar-refractivity contribution in [2.24, 2.45) is 25.9 Å². The Morgan fingerprint density at radius 1 is 1.02 bits per heavy atom. The van der Waals surface area contributed by atoms with Crippen LogP contribution in [0.15, 0.2) is 39.1 Å². The number of sulfone groups is 1. The number of benzene rings is 1. The van der Waals surface area contributed by atoms with Gasteiger partial charge in [-0.15, -0.1) is 5.10 Å². The van der Waals surface area contributed by atoms with E-state index in [1.54, 1.807) is 24.4 Å². The molecule has 2 aliphatic rings. The SMILES string of the molecule is Cn1c(=O)c2c(nc(S(C)(=O)=O)n2C)n(Cc2cn(-c3cc(CC(=O)C4CC4)cc(NC(=O)C4CC4)c3)nn2)c1=O. The van der Waals surface area contributed by atoms with Crippen LogP contribution < -0.4 is 16.6 Å². The molecule has 2 saturated carbocycles. The molecule has 0 spiro atoms. The smallest absolute Gasteiger partial charge is 0.326 e. The lowest BCUT2D eigenvalue weighted by atomic mass is 10.0. The Hall–Kier alpha value is -4.40. The van der Waals surface area contributed by atoms with Crippen LogP contribution >= 0.6 is 0 Å². The molecule has 0 radical (unpaired) electrons. The van der Waals surface area contributed by atoms with Crippen LogP contribution in [0.1, 0.15) is 36.9 Å². The number of carbonyl (C=O) groups excluding carboxylic acids is 2. The van der Waals surface area contributed by atoms with Crippen molar-refractivity contribution in [2.45, 2.75) is 43.8 Å². The molecule has 4 aromatic rings. The molecule has 214 valence electrons. The minimum Gasteiger partial charge on any atom is -0.326 e. The quantitative estimate of drug-likeness (QED) is 0.293. The zero-order valence-corrected chi connectivity index (χ0v) is 23.5. The maximum atomic E-state index is 13.1. The molecular weight excluding hydrogens is 552 g/mol. The van der Waals surface area contributed by atoms with Crippen molar-refractivity contribution in [3.63, 3.8) is 0 Å². The van der Waals surface area contributed by atoms with E-state index in [-0.39, 0.29) is 52.8 Å². The number of ketones is 1. The molecule has 15 heteroatoms. The van der Waals surface area contributed by atoms with Gasteiger partial charge in [-0.2, -0.15) is 4.98 Å². The van der Waals surface area contributed by atoms with E-state index < -0.39 is 21.1 Å². The second-order valence-corrected chi connectivity index (χ2v) is 12.8. The minimum atomic E-state index is -3.79. The lowest BCUT2D eigenvalue weighted by Crippen LogP contribution is -2.39. The summed E-state index contributed by atoms with van der Waals surface area (Å²) in [6.45, 7) is -0.144. The van der Waals surface area contributed by atoms with Crippen LogP contribution in [0.2, 0.25) is 0 Å². The lowest BCUT2D eigenvalue weighted by molar-refractivity contribution is -0.119. The molecule has 3 heterocycles. The Balaban J connectivity index is 1.37. The topological polar surface area (TPSA) is 173 Å². The molecule has 6 rings (SSSR count). The highest BCUT2D eigenvalue weighted by Gasteiger charge is 2.31. The second kappa shape index (κ2) is 9.61. The average Bonchev–Trinajstić information content (AvgIpc) is 3.84. The summed E-state index contributed by atoms with van der Waals surface area (Å²) < 4.78 is 29.2. The van der Waals surface area contributed by atoms with E-state index in [0.717, 1.165) is 46.6 Å². The van der Waals surface area contributed by atoms with Crippen molar-refractivity contribution < 1.29 is 18.0 Å². The molecule has 0 bridgehead atoms. The fourth-order valence-electron chi connectivity index (χ4n) is 4.86. The first-order chi connectivity index (χ1) is 19.4. The summed E-state index contributed by atoms with van der Waals surface area (Å²) in [6.07, 6.45) is 6.29. The first-order valence-electron chi connectivity index (χ1n) is 13.2. The Kier molecular flexibility index (Phi) is 6.28. The highest BCUT2D eigenvalue weighted by Crippen LogP contribution is 2.33. The van der Waals surface area contributed by atoms with Gasteiger partial charge in [0.2, 0.25) is 20.9 Å². The van der Waals surface area contributed by atoms with Crippen LogP contribution in [-0.2, 0) is 46.5 Å².